The fourth-order valence-corrected chi connectivity index (χ4v) is 1.24. The van der Waals surface area contributed by atoms with Crippen molar-refractivity contribution in [2.75, 3.05) is 0 Å². The second-order valence-corrected chi connectivity index (χ2v) is 4.34. The van der Waals surface area contributed by atoms with E-state index in [1.54, 1.807) is 0 Å². The largest absolute Gasteiger partial charge is 0.484 e. The molecule has 2 aromatic rings. The third-order valence-corrected chi connectivity index (χ3v) is 2.15. The zero-order valence-corrected chi connectivity index (χ0v) is 9.88. The molecule has 0 amide bonds. The van der Waals surface area contributed by atoms with Crippen molar-refractivity contribution in [3.63, 3.8) is 0 Å². The zero-order chi connectivity index (χ0) is 12.3. The van der Waals surface area contributed by atoms with Crippen LogP contribution in [0.15, 0.2) is 34.9 Å². The van der Waals surface area contributed by atoms with Gasteiger partial charge in [-0.3, -0.25) is 0 Å². The van der Waals surface area contributed by atoms with Crippen LogP contribution in [0.2, 0.25) is 0 Å². The SMILES string of the molecule is CC(C)(N)c1noc(COc2ccccc2)n1. The van der Waals surface area contributed by atoms with Gasteiger partial charge in [0.2, 0.25) is 0 Å². The Morgan fingerprint density at radius 2 is 2.00 bits per heavy atom. The van der Waals surface area contributed by atoms with Gasteiger partial charge in [0.15, 0.2) is 12.4 Å². The lowest BCUT2D eigenvalue weighted by atomic mass is 10.1. The molecule has 5 nitrogen and oxygen atoms in total. The minimum Gasteiger partial charge on any atom is -0.484 e. The molecule has 1 aromatic carbocycles. The van der Waals surface area contributed by atoms with Crippen LogP contribution in [0.4, 0.5) is 0 Å². The Bertz CT molecular complexity index is 474. The first-order chi connectivity index (χ1) is 8.05. The van der Waals surface area contributed by atoms with Crippen molar-refractivity contribution >= 4 is 0 Å². The average Bonchev–Trinajstić information content (AvgIpc) is 2.76. The van der Waals surface area contributed by atoms with Crippen LogP contribution in [0.25, 0.3) is 0 Å². The van der Waals surface area contributed by atoms with Gasteiger partial charge in [0.1, 0.15) is 5.75 Å². The van der Waals surface area contributed by atoms with Gasteiger partial charge in [-0.2, -0.15) is 4.98 Å². The summed E-state index contributed by atoms with van der Waals surface area (Å²) in [6.07, 6.45) is 0. The number of rotatable bonds is 4. The number of nitrogens with zero attached hydrogens (tertiary/aromatic N) is 2. The summed E-state index contributed by atoms with van der Waals surface area (Å²) in [6, 6.07) is 9.46. The van der Waals surface area contributed by atoms with Crippen molar-refractivity contribution in [1.29, 1.82) is 0 Å². The molecule has 0 aliphatic heterocycles. The lowest BCUT2D eigenvalue weighted by Gasteiger charge is -2.11. The molecule has 0 spiro atoms. The molecule has 0 bridgehead atoms. The van der Waals surface area contributed by atoms with Crippen molar-refractivity contribution in [3.8, 4) is 5.75 Å². The lowest BCUT2D eigenvalue weighted by Crippen LogP contribution is -2.30. The number of benzene rings is 1. The van der Waals surface area contributed by atoms with Crippen molar-refractivity contribution in [3.05, 3.63) is 42.0 Å². The molecule has 0 unspecified atom stereocenters. The summed E-state index contributed by atoms with van der Waals surface area (Å²) in [5, 5.41) is 3.81. The van der Waals surface area contributed by atoms with Crippen LogP contribution >= 0.6 is 0 Å². The highest BCUT2D eigenvalue weighted by atomic mass is 16.5. The van der Waals surface area contributed by atoms with Gasteiger partial charge in [0.25, 0.3) is 5.89 Å². The smallest absolute Gasteiger partial charge is 0.264 e. The summed E-state index contributed by atoms with van der Waals surface area (Å²) in [4.78, 5) is 4.17. The minimum absolute atomic E-state index is 0.243. The van der Waals surface area contributed by atoms with Crippen LogP contribution in [0.1, 0.15) is 25.6 Å². The second-order valence-electron chi connectivity index (χ2n) is 4.34. The van der Waals surface area contributed by atoms with E-state index in [2.05, 4.69) is 10.1 Å². The molecule has 0 fully saturated rings. The summed E-state index contributed by atoms with van der Waals surface area (Å²) in [6.45, 7) is 3.88. The highest BCUT2D eigenvalue weighted by Crippen LogP contribution is 2.14. The van der Waals surface area contributed by atoms with Gasteiger partial charge in [-0.25, -0.2) is 0 Å². The first kappa shape index (κ1) is 11.6. The van der Waals surface area contributed by atoms with E-state index in [1.165, 1.54) is 0 Å². The molecule has 0 atom stereocenters. The van der Waals surface area contributed by atoms with Crippen LogP contribution in [0, 0.1) is 0 Å². The molecule has 5 heteroatoms. The molecule has 0 saturated heterocycles. The molecule has 90 valence electrons. The van der Waals surface area contributed by atoms with Crippen molar-refractivity contribution in [2.45, 2.75) is 26.0 Å². The first-order valence-electron chi connectivity index (χ1n) is 5.35. The molecule has 0 aliphatic carbocycles. The molecule has 17 heavy (non-hydrogen) atoms. The van der Waals surface area contributed by atoms with Crippen LogP contribution in [0.3, 0.4) is 0 Å². The maximum absolute atomic E-state index is 5.85. The van der Waals surface area contributed by atoms with Crippen LogP contribution < -0.4 is 10.5 Å². The standard InChI is InChI=1S/C12H15N3O2/c1-12(2,13)11-14-10(17-15-11)8-16-9-6-4-3-5-7-9/h3-7H,8,13H2,1-2H3. The quantitative estimate of drug-likeness (QED) is 0.872. The number of hydrogen-bond donors (Lipinski definition) is 1. The average molecular weight is 233 g/mol. The summed E-state index contributed by atoms with van der Waals surface area (Å²) < 4.78 is 10.5. The minimum atomic E-state index is -0.603. The topological polar surface area (TPSA) is 74.2 Å². The van der Waals surface area contributed by atoms with E-state index >= 15 is 0 Å². The number of para-hydroxylation sites is 1. The molecule has 0 saturated carbocycles. The molecular formula is C12H15N3O2. The van der Waals surface area contributed by atoms with Gasteiger partial charge < -0.3 is 15.0 Å². The van der Waals surface area contributed by atoms with E-state index in [9.17, 15) is 0 Å². The van der Waals surface area contributed by atoms with Gasteiger partial charge in [-0.15, -0.1) is 0 Å². The lowest BCUT2D eigenvalue weighted by molar-refractivity contribution is 0.242. The van der Waals surface area contributed by atoms with Crippen LogP contribution in [-0.4, -0.2) is 10.1 Å². The summed E-state index contributed by atoms with van der Waals surface area (Å²) in [5.41, 5.74) is 5.25. The van der Waals surface area contributed by atoms with E-state index in [1.807, 2.05) is 44.2 Å². The molecule has 2 N–H and O–H groups in total. The summed E-state index contributed by atoms with van der Waals surface area (Å²) in [5.74, 6) is 1.66. The van der Waals surface area contributed by atoms with Gasteiger partial charge in [0, 0.05) is 0 Å². The van der Waals surface area contributed by atoms with Gasteiger partial charge in [-0.1, -0.05) is 23.4 Å². The van der Waals surface area contributed by atoms with E-state index < -0.39 is 5.54 Å². The maximum atomic E-state index is 5.85. The van der Waals surface area contributed by atoms with Gasteiger partial charge in [0.05, 0.1) is 5.54 Å². The number of hydrogen-bond acceptors (Lipinski definition) is 5. The zero-order valence-electron chi connectivity index (χ0n) is 9.88. The van der Waals surface area contributed by atoms with Crippen LogP contribution in [-0.2, 0) is 12.1 Å². The fourth-order valence-electron chi connectivity index (χ4n) is 1.24. The molecule has 1 heterocycles. The summed E-state index contributed by atoms with van der Waals surface area (Å²) in [7, 11) is 0. The Hall–Kier alpha value is -1.88. The van der Waals surface area contributed by atoms with Gasteiger partial charge in [-0.05, 0) is 26.0 Å². The Balaban J connectivity index is 1.99. The van der Waals surface area contributed by atoms with E-state index in [-0.39, 0.29) is 6.61 Å². The van der Waals surface area contributed by atoms with Crippen molar-refractivity contribution < 1.29 is 9.26 Å². The van der Waals surface area contributed by atoms with Crippen molar-refractivity contribution in [2.24, 2.45) is 5.73 Å². The Morgan fingerprint density at radius 1 is 1.29 bits per heavy atom. The van der Waals surface area contributed by atoms with E-state index in [0.29, 0.717) is 11.7 Å². The summed E-state index contributed by atoms with van der Waals surface area (Å²) >= 11 is 0. The first-order valence-corrected chi connectivity index (χ1v) is 5.35. The fraction of sp³-hybridized carbons (Fsp3) is 0.333. The maximum Gasteiger partial charge on any atom is 0.264 e. The van der Waals surface area contributed by atoms with Crippen molar-refractivity contribution in [1.82, 2.24) is 10.1 Å². The molecule has 0 aliphatic rings. The number of ether oxygens (including phenoxy) is 1. The molecular weight excluding hydrogens is 218 g/mol. The predicted octanol–water partition coefficient (Wildman–Crippen LogP) is 1.84. The second kappa shape index (κ2) is 4.55. The molecule has 2 rings (SSSR count). The normalized spacial score (nSPS) is 11.5. The number of nitrogens with two attached hydrogens (primary N) is 1. The predicted molar refractivity (Wildman–Crippen MR) is 62.3 cm³/mol. The third kappa shape index (κ3) is 3.04. The van der Waals surface area contributed by atoms with E-state index in [4.69, 9.17) is 15.0 Å². The monoisotopic (exact) mass is 233 g/mol. The van der Waals surface area contributed by atoms with Crippen LogP contribution in [0.5, 0.6) is 5.75 Å². The van der Waals surface area contributed by atoms with E-state index in [0.717, 1.165) is 5.75 Å². The molecule has 0 radical (unpaired) electrons. The Morgan fingerprint density at radius 3 is 2.59 bits per heavy atom. The highest BCUT2D eigenvalue weighted by molar-refractivity contribution is 5.20. The third-order valence-electron chi connectivity index (χ3n) is 2.15. The number of aromatic nitrogens is 2. The van der Waals surface area contributed by atoms with Gasteiger partial charge >= 0.3 is 0 Å². The highest BCUT2D eigenvalue weighted by Gasteiger charge is 2.21. The Kier molecular flexibility index (Phi) is 3.10. The Labute approximate surface area is 99.6 Å². The molecule has 1 aromatic heterocycles.